The Hall–Kier alpha value is -2.83. The van der Waals surface area contributed by atoms with Crippen molar-refractivity contribution in [3.05, 3.63) is 46.8 Å². The van der Waals surface area contributed by atoms with Crippen molar-refractivity contribution in [3.8, 4) is 5.75 Å². The summed E-state index contributed by atoms with van der Waals surface area (Å²) in [5.74, 6) is 1.50. The third-order valence-corrected chi connectivity index (χ3v) is 5.01. The van der Waals surface area contributed by atoms with Crippen molar-refractivity contribution in [3.63, 3.8) is 0 Å². The predicted octanol–water partition coefficient (Wildman–Crippen LogP) is 2.22. The van der Waals surface area contributed by atoms with Gasteiger partial charge in [-0.05, 0) is 38.5 Å². The number of rotatable bonds is 5. The van der Waals surface area contributed by atoms with E-state index in [-0.39, 0.29) is 11.8 Å². The smallest absolute Gasteiger partial charge is 0.254 e. The van der Waals surface area contributed by atoms with Gasteiger partial charge in [0, 0.05) is 43.7 Å². The van der Waals surface area contributed by atoms with Crippen molar-refractivity contribution >= 4 is 11.8 Å². The molecule has 7 nitrogen and oxygen atoms in total. The minimum atomic E-state index is -0.0308. The molecule has 0 bridgehead atoms. The van der Waals surface area contributed by atoms with Gasteiger partial charge in [-0.25, -0.2) is 0 Å². The number of nitrogens with zero attached hydrogens (tertiary/aromatic N) is 3. The van der Waals surface area contributed by atoms with Gasteiger partial charge in [-0.15, -0.1) is 0 Å². The van der Waals surface area contributed by atoms with Crippen LogP contribution in [0.15, 0.2) is 28.8 Å². The van der Waals surface area contributed by atoms with Crippen molar-refractivity contribution in [2.75, 3.05) is 33.3 Å². The molecule has 0 atom stereocenters. The molecule has 0 N–H and O–H groups in total. The molecular formula is C20H25N3O4. The number of aromatic nitrogens is 1. The molecule has 1 aliphatic rings. The van der Waals surface area contributed by atoms with Crippen LogP contribution in [0.25, 0.3) is 0 Å². The number of methoxy groups -OCH3 is 1. The number of aryl methyl sites for hydroxylation is 2. The molecule has 0 aliphatic carbocycles. The summed E-state index contributed by atoms with van der Waals surface area (Å²) in [6.07, 6.45) is 1.05. The Morgan fingerprint density at radius 3 is 2.48 bits per heavy atom. The summed E-state index contributed by atoms with van der Waals surface area (Å²) in [4.78, 5) is 28.8. The second kappa shape index (κ2) is 8.24. The van der Waals surface area contributed by atoms with E-state index in [1.165, 1.54) is 0 Å². The zero-order valence-corrected chi connectivity index (χ0v) is 16.0. The van der Waals surface area contributed by atoms with Crippen LogP contribution in [0.2, 0.25) is 0 Å². The lowest BCUT2D eigenvalue weighted by molar-refractivity contribution is -0.132. The summed E-state index contributed by atoms with van der Waals surface area (Å²) < 4.78 is 10.3. The molecule has 0 radical (unpaired) electrons. The third-order valence-electron chi connectivity index (χ3n) is 5.01. The SMILES string of the molecule is COc1cccc(C(=O)N2CCN(C(=O)CCc3c(C)noc3C)CC2)c1. The van der Waals surface area contributed by atoms with E-state index in [4.69, 9.17) is 9.26 Å². The fourth-order valence-corrected chi connectivity index (χ4v) is 3.35. The van der Waals surface area contributed by atoms with Crippen molar-refractivity contribution in [1.29, 1.82) is 0 Å². The molecule has 0 saturated carbocycles. The summed E-state index contributed by atoms with van der Waals surface area (Å²) in [6, 6.07) is 7.14. The highest BCUT2D eigenvalue weighted by atomic mass is 16.5. The molecule has 27 heavy (non-hydrogen) atoms. The van der Waals surface area contributed by atoms with Gasteiger partial charge in [-0.1, -0.05) is 11.2 Å². The first kappa shape index (κ1) is 18.9. The van der Waals surface area contributed by atoms with Gasteiger partial charge in [-0.2, -0.15) is 0 Å². The third kappa shape index (κ3) is 4.30. The Morgan fingerprint density at radius 1 is 1.15 bits per heavy atom. The summed E-state index contributed by atoms with van der Waals surface area (Å²) in [5.41, 5.74) is 2.46. The highest BCUT2D eigenvalue weighted by Gasteiger charge is 2.25. The number of carbonyl (C=O) groups is 2. The molecule has 144 valence electrons. The van der Waals surface area contributed by atoms with Gasteiger partial charge in [0.2, 0.25) is 5.91 Å². The van der Waals surface area contributed by atoms with Gasteiger partial charge < -0.3 is 19.1 Å². The Bertz CT molecular complexity index is 803. The maximum absolute atomic E-state index is 12.7. The number of hydrogen-bond donors (Lipinski definition) is 0. The maximum atomic E-state index is 12.7. The molecule has 1 aromatic carbocycles. The fraction of sp³-hybridized carbons (Fsp3) is 0.450. The standard InChI is InChI=1S/C20H25N3O4/c1-14-18(15(2)27-21-14)7-8-19(24)22-9-11-23(12-10-22)20(25)16-5-4-6-17(13-16)26-3/h4-6,13H,7-12H2,1-3H3. The van der Waals surface area contributed by atoms with Gasteiger partial charge >= 0.3 is 0 Å². The highest BCUT2D eigenvalue weighted by molar-refractivity contribution is 5.94. The minimum absolute atomic E-state index is 0.0308. The monoisotopic (exact) mass is 371 g/mol. The quantitative estimate of drug-likeness (QED) is 0.806. The fourth-order valence-electron chi connectivity index (χ4n) is 3.35. The summed E-state index contributed by atoms with van der Waals surface area (Å²) in [5, 5.41) is 3.92. The van der Waals surface area contributed by atoms with E-state index in [0.717, 1.165) is 17.0 Å². The van der Waals surface area contributed by atoms with Gasteiger partial charge in [0.15, 0.2) is 0 Å². The van der Waals surface area contributed by atoms with Crippen LogP contribution in [0, 0.1) is 13.8 Å². The Balaban J connectivity index is 1.52. The number of amides is 2. The van der Waals surface area contributed by atoms with Crippen LogP contribution in [0.5, 0.6) is 5.75 Å². The number of ether oxygens (including phenoxy) is 1. The van der Waals surface area contributed by atoms with Crippen LogP contribution in [0.3, 0.4) is 0 Å². The first-order valence-corrected chi connectivity index (χ1v) is 9.12. The van der Waals surface area contributed by atoms with Crippen molar-refractivity contribution in [1.82, 2.24) is 15.0 Å². The minimum Gasteiger partial charge on any atom is -0.497 e. The molecule has 2 heterocycles. The number of hydrogen-bond acceptors (Lipinski definition) is 5. The number of benzene rings is 1. The Morgan fingerprint density at radius 2 is 1.85 bits per heavy atom. The molecule has 2 aromatic rings. The Labute approximate surface area is 158 Å². The van der Waals surface area contributed by atoms with Gasteiger partial charge in [0.1, 0.15) is 11.5 Å². The largest absolute Gasteiger partial charge is 0.497 e. The van der Waals surface area contributed by atoms with E-state index in [0.29, 0.717) is 50.3 Å². The number of carbonyl (C=O) groups excluding carboxylic acids is 2. The molecule has 1 aromatic heterocycles. The van der Waals surface area contributed by atoms with Crippen molar-refractivity contribution in [2.45, 2.75) is 26.7 Å². The molecule has 0 unspecified atom stereocenters. The molecule has 1 fully saturated rings. The summed E-state index contributed by atoms with van der Waals surface area (Å²) >= 11 is 0. The van der Waals surface area contributed by atoms with Gasteiger partial charge in [0.25, 0.3) is 5.91 Å². The lowest BCUT2D eigenvalue weighted by Gasteiger charge is -2.35. The normalized spacial score (nSPS) is 14.3. The molecule has 1 aliphatic heterocycles. The van der Waals surface area contributed by atoms with Gasteiger partial charge in [-0.3, -0.25) is 9.59 Å². The summed E-state index contributed by atoms with van der Waals surface area (Å²) in [7, 11) is 1.58. The Kier molecular flexibility index (Phi) is 5.78. The predicted molar refractivity (Wildman–Crippen MR) is 99.8 cm³/mol. The van der Waals surface area contributed by atoms with E-state index in [1.54, 1.807) is 30.2 Å². The maximum Gasteiger partial charge on any atom is 0.254 e. The van der Waals surface area contributed by atoms with E-state index in [2.05, 4.69) is 5.16 Å². The first-order chi connectivity index (χ1) is 13.0. The van der Waals surface area contributed by atoms with Crippen LogP contribution >= 0.6 is 0 Å². The van der Waals surface area contributed by atoms with E-state index < -0.39 is 0 Å². The van der Waals surface area contributed by atoms with Crippen molar-refractivity contribution in [2.24, 2.45) is 0 Å². The zero-order chi connectivity index (χ0) is 19.4. The average Bonchev–Trinajstić information content (AvgIpc) is 3.03. The lowest BCUT2D eigenvalue weighted by atomic mass is 10.1. The van der Waals surface area contributed by atoms with E-state index in [1.807, 2.05) is 24.8 Å². The van der Waals surface area contributed by atoms with E-state index >= 15 is 0 Å². The molecule has 0 spiro atoms. The second-order valence-corrected chi connectivity index (χ2v) is 6.71. The number of piperazine rings is 1. The van der Waals surface area contributed by atoms with Crippen LogP contribution in [0.1, 0.15) is 33.8 Å². The highest BCUT2D eigenvalue weighted by Crippen LogP contribution is 2.17. The average molecular weight is 371 g/mol. The van der Waals surface area contributed by atoms with Crippen LogP contribution in [-0.4, -0.2) is 60.1 Å². The molecule has 1 saturated heterocycles. The van der Waals surface area contributed by atoms with Crippen LogP contribution in [-0.2, 0) is 11.2 Å². The topological polar surface area (TPSA) is 75.9 Å². The molecule has 7 heteroatoms. The van der Waals surface area contributed by atoms with E-state index in [9.17, 15) is 9.59 Å². The van der Waals surface area contributed by atoms with Gasteiger partial charge in [0.05, 0.1) is 12.8 Å². The zero-order valence-electron chi connectivity index (χ0n) is 16.0. The molecule has 3 rings (SSSR count). The van der Waals surface area contributed by atoms with Crippen LogP contribution < -0.4 is 4.74 Å². The lowest BCUT2D eigenvalue weighted by Crippen LogP contribution is -2.50. The molecule has 2 amide bonds. The van der Waals surface area contributed by atoms with Crippen LogP contribution in [0.4, 0.5) is 0 Å². The summed E-state index contributed by atoms with van der Waals surface area (Å²) in [6.45, 7) is 5.93. The first-order valence-electron chi connectivity index (χ1n) is 9.12. The molecular weight excluding hydrogens is 346 g/mol. The second-order valence-electron chi connectivity index (χ2n) is 6.71. The van der Waals surface area contributed by atoms with Crippen molar-refractivity contribution < 1.29 is 18.8 Å².